The molecule has 1 aromatic heterocycles. The molecule has 1 saturated heterocycles. The zero-order valence-electron chi connectivity index (χ0n) is 12.6. The van der Waals surface area contributed by atoms with Crippen LogP contribution in [0, 0.1) is 5.92 Å². The SMILES string of the molecule is CN1CCC(CCNC2CCCc3cccnc32)CC1. The van der Waals surface area contributed by atoms with E-state index in [9.17, 15) is 0 Å². The van der Waals surface area contributed by atoms with Crippen LogP contribution in [0.15, 0.2) is 18.3 Å². The molecule has 0 radical (unpaired) electrons. The molecule has 0 aromatic carbocycles. The van der Waals surface area contributed by atoms with Crippen LogP contribution in [0.2, 0.25) is 0 Å². The van der Waals surface area contributed by atoms with Crippen LogP contribution < -0.4 is 5.32 Å². The minimum Gasteiger partial charge on any atom is -0.309 e. The standard InChI is InChI=1S/C17H27N3/c1-20-12-8-14(9-13-20)7-11-18-16-6-2-4-15-5-3-10-19-17(15)16/h3,5,10,14,16,18H,2,4,6-9,11-13H2,1H3. The molecule has 3 heteroatoms. The van der Waals surface area contributed by atoms with Crippen LogP contribution in [-0.2, 0) is 6.42 Å². The molecule has 0 amide bonds. The summed E-state index contributed by atoms with van der Waals surface area (Å²) >= 11 is 0. The van der Waals surface area contributed by atoms with Gasteiger partial charge < -0.3 is 10.2 Å². The Hall–Kier alpha value is -0.930. The molecule has 0 spiro atoms. The van der Waals surface area contributed by atoms with Gasteiger partial charge in [-0.05, 0) is 82.8 Å². The minimum atomic E-state index is 0.492. The maximum absolute atomic E-state index is 4.61. The molecule has 110 valence electrons. The molecule has 1 aliphatic carbocycles. The van der Waals surface area contributed by atoms with E-state index in [1.807, 2.05) is 6.20 Å². The van der Waals surface area contributed by atoms with Crippen LogP contribution >= 0.6 is 0 Å². The maximum atomic E-state index is 4.61. The first-order chi connectivity index (χ1) is 9.83. The van der Waals surface area contributed by atoms with E-state index in [0.29, 0.717) is 6.04 Å². The predicted molar refractivity (Wildman–Crippen MR) is 82.8 cm³/mol. The summed E-state index contributed by atoms with van der Waals surface area (Å²) in [7, 11) is 2.24. The van der Waals surface area contributed by atoms with Gasteiger partial charge in [-0.25, -0.2) is 0 Å². The lowest BCUT2D eigenvalue weighted by molar-refractivity contribution is 0.210. The molecule has 2 heterocycles. The first-order valence-electron chi connectivity index (χ1n) is 8.18. The van der Waals surface area contributed by atoms with E-state index < -0.39 is 0 Å². The van der Waals surface area contributed by atoms with Crippen molar-refractivity contribution in [1.82, 2.24) is 15.2 Å². The largest absolute Gasteiger partial charge is 0.309 e. The van der Waals surface area contributed by atoms with E-state index in [1.54, 1.807) is 0 Å². The Balaban J connectivity index is 1.47. The Morgan fingerprint density at radius 3 is 3.00 bits per heavy atom. The van der Waals surface area contributed by atoms with E-state index >= 15 is 0 Å². The van der Waals surface area contributed by atoms with Crippen LogP contribution in [0.25, 0.3) is 0 Å². The molecule has 1 aromatic rings. The lowest BCUT2D eigenvalue weighted by Gasteiger charge is -2.30. The Kier molecular flexibility index (Phi) is 4.69. The summed E-state index contributed by atoms with van der Waals surface area (Å²) in [6.45, 7) is 3.70. The Morgan fingerprint density at radius 2 is 2.15 bits per heavy atom. The van der Waals surface area contributed by atoms with Crippen LogP contribution in [-0.4, -0.2) is 36.6 Å². The second kappa shape index (κ2) is 6.68. The molecular formula is C17H27N3. The van der Waals surface area contributed by atoms with Gasteiger partial charge in [0.15, 0.2) is 0 Å². The summed E-state index contributed by atoms with van der Waals surface area (Å²) in [6.07, 6.45) is 9.76. The molecule has 1 aliphatic heterocycles. The van der Waals surface area contributed by atoms with Crippen molar-refractivity contribution in [3.05, 3.63) is 29.6 Å². The normalized spacial score (nSPS) is 24.6. The molecule has 1 atom stereocenters. The molecule has 0 saturated carbocycles. The number of hydrogen-bond donors (Lipinski definition) is 1. The first kappa shape index (κ1) is 14.0. The quantitative estimate of drug-likeness (QED) is 0.914. The molecular weight excluding hydrogens is 246 g/mol. The Labute approximate surface area is 122 Å². The minimum absolute atomic E-state index is 0.492. The van der Waals surface area contributed by atoms with E-state index in [1.165, 1.54) is 62.9 Å². The molecule has 2 aliphatic rings. The van der Waals surface area contributed by atoms with Crippen LogP contribution in [0.4, 0.5) is 0 Å². The lowest BCUT2D eigenvalue weighted by Crippen LogP contribution is -2.33. The van der Waals surface area contributed by atoms with Gasteiger partial charge in [-0.15, -0.1) is 0 Å². The van der Waals surface area contributed by atoms with Crippen molar-refractivity contribution in [3.8, 4) is 0 Å². The average molecular weight is 273 g/mol. The van der Waals surface area contributed by atoms with Gasteiger partial charge in [-0.2, -0.15) is 0 Å². The van der Waals surface area contributed by atoms with Gasteiger partial charge in [0, 0.05) is 12.2 Å². The van der Waals surface area contributed by atoms with Gasteiger partial charge in [-0.3, -0.25) is 4.98 Å². The number of likely N-dealkylation sites (tertiary alicyclic amines) is 1. The van der Waals surface area contributed by atoms with Crippen molar-refractivity contribution in [2.75, 3.05) is 26.7 Å². The Morgan fingerprint density at radius 1 is 1.30 bits per heavy atom. The zero-order valence-corrected chi connectivity index (χ0v) is 12.6. The van der Waals surface area contributed by atoms with Crippen LogP contribution in [0.5, 0.6) is 0 Å². The second-order valence-corrected chi connectivity index (χ2v) is 6.48. The highest BCUT2D eigenvalue weighted by molar-refractivity contribution is 5.25. The zero-order chi connectivity index (χ0) is 13.8. The highest BCUT2D eigenvalue weighted by Gasteiger charge is 2.21. The van der Waals surface area contributed by atoms with Gasteiger partial charge in [0.25, 0.3) is 0 Å². The highest BCUT2D eigenvalue weighted by atomic mass is 15.1. The first-order valence-corrected chi connectivity index (χ1v) is 8.18. The third-order valence-corrected chi connectivity index (χ3v) is 4.98. The predicted octanol–water partition coefficient (Wildman–Crippen LogP) is 2.78. The number of rotatable bonds is 4. The molecule has 1 N–H and O–H groups in total. The fraction of sp³-hybridized carbons (Fsp3) is 0.706. The van der Waals surface area contributed by atoms with Gasteiger partial charge in [-0.1, -0.05) is 6.07 Å². The number of nitrogens with zero attached hydrogens (tertiary/aromatic N) is 2. The number of piperidine rings is 1. The number of aryl methyl sites for hydroxylation is 1. The third kappa shape index (κ3) is 3.39. The smallest absolute Gasteiger partial charge is 0.0605 e. The summed E-state index contributed by atoms with van der Waals surface area (Å²) in [5.41, 5.74) is 2.76. The number of nitrogens with one attached hydrogen (secondary N) is 1. The maximum Gasteiger partial charge on any atom is 0.0605 e. The monoisotopic (exact) mass is 273 g/mol. The third-order valence-electron chi connectivity index (χ3n) is 4.98. The van der Waals surface area contributed by atoms with Crippen molar-refractivity contribution in [1.29, 1.82) is 0 Å². The lowest BCUT2D eigenvalue weighted by atomic mass is 9.91. The van der Waals surface area contributed by atoms with Gasteiger partial charge in [0.05, 0.1) is 5.69 Å². The van der Waals surface area contributed by atoms with E-state index in [4.69, 9.17) is 0 Å². The highest BCUT2D eigenvalue weighted by Crippen LogP contribution is 2.28. The number of hydrogen-bond acceptors (Lipinski definition) is 3. The molecule has 1 unspecified atom stereocenters. The fourth-order valence-electron chi connectivity index (χ4n) is 3.62. The van der Waals surface area contributed by atoms with Crippen molar-refractivity contribution < 1.29 is 0 Å². The Bertz CT molecular complexity index is 424. The van der Waals surface area contributed by atoms with Gasteiger partial charge in [0.1, 0.15) is 0 Å². The summed E-state index contributed by atoms with van der Waals surface area (Å²) < 4.78 is 0. The summed E-state index contributed by atoms with van der Waals surface area (Å²) in [5.74, 6) is 0.922. The molecule has 20 heavy (non-hydrogen) atoms. The summed E-state index contributed by atoms with van der Waals surface area (Å²) in [6, 6.07) is 4.80. The number of aromatic nitrogens is 1. The topological polar surface area (TPSA) is 28.2 Å². The summed E-state index contributed by atoms with van der Waals surface area (Å²) in [4.78, 5) is 7.06. The number of fused-ring (bicyclic) bond motifs is 1. The van der Waals surface area contributed by atoms with Crippen molar-refractivity contribution in [2.45, 2.75) is 44.6 Å². The molecule has 3 rings (SSSR count). The van der Waals surface area contributed by atoms with E-state index in [-0.39, 0.29) is 0 Å². The van der Waals surface area contributed by atoms with Crippen molar-refractivity contribution in [3.63, 3.8) is 0 Å². The average Bonchev–Trinajstić information content (AvgIpc) is 2.49. The number of pyridine rings is 1. The van der Waals surface area contributed by atoms with Crippen molar-refractivity contribution in [2.24, 2.45) is 5.92 Å². The van der Waals surface area contributed by atoms with Gasteiger partial charge >= 0.3 is 0 Å². The van der Waals surface area contributed by atoms with Crippen molar-refractivity contribution >= 4 is 0 Å². The molecule has 1 fully saturated rings. The van der Waals surface area contributed by atoms with E-state index in [0.717, 1.165) is 12.5 Å². The molecule has 3 nitrogen and oxygen atoms in total. The van der Waals surface area contributed by atoms with Crippen LogP contribution in [0.3, 0.4) is 0 Å². The molecule has 0 bridgehead atoms. The summed E-state index contributed by atoms with van der Waals surface area (Å²) in [5, 5.41) is 3.76. The van der Waals surface area contributed by atoms with E-state index in [2.05, 4.69) is 34.4 Å². The van der Waals surface area contributed by atoms with Gasteiger partial charge in [0.2, 0.25) is 0 Å². The van der Waals surface area contributed by atoms with Crippen LogP contribution in [0.1, 0.15) is 49.4 Å². The second-order valence-electron chi connectivity index (χ2n) is 6.48. The fourth-order valence-corrected chi connectivity index (χ4v) is 3.62.